The average Bonchev–Trinajstić information content (AvgIpc) is 2.48. The van der Waals surface area contributed by atoms with Gasteiger partial charge in [-0.15, -0.1) is 0 Å². The fourth-order valence-corrected chi connectivity index (χ4v) is 3.35. The minimum atomic E-state index is -0.829. The lowest BCUT2D eigenvalue weighted by Gasteiger charge is -2.25. The van der Waals surface area contributed by atoms with Crippen LogP contribution in [0.5, 0.6) is 0 Å². The van der Waals surface area contributed by atoms with E-state index >= 15 is 0 Å². The molecule has 1 aliphatic heterocycles. The highest BCUT2D eigenvalue weighted by molar-refractivity contribution is 8.03. The van der Waals surface area contributed by atoms with Crippen LogP contribution in [0, 0.1) is 0 Å². The minimum absolute atomic E-state index is 0.139. The van der Waals surface area contributed by atoms with Gasteiger partial charge in [-0.05, 0) is 23.8 Å². The maximum atomic E-state index is 12.4. The summed E-state index contributed by atoms with van der Waals surface area (Å²) in [7, 11) is 0. The van der Waals surface area contributed by atoms with Crippen molar-refractivity contribution < 1.29 is 14.3 Å². The summed E-state index contributed by atoms with van der Waals surface area (Å²) in [5.41, 5.74) is 1.85. The van der Waals surface area contributed by atoms with E-state index in [0.29, 0.717) is 6.42 Å². The molecule has 1 aliphatic carbocycles. The molecule has 3 nitrogen and oxygen atoms in total. The van der Waals surface area contributed by atoms with E-state index in [9.17, 15) is 9.59 Å². The molecule has 20 heavy (non-hydrogen) atoms. The zero-order valence-electron chi connectivity index (χ0n) is 10.7. The zero-order chi connectivity index (χ0) is 14.1. The molecule has 0 saturated carbocycles. The molecule has 0 fully saturated rings. The number of esters is 1. The van der Waals surface area contributed by atoms with Gasteiger partial charge in [0.1, 0.15) is 0 Å². The molecule has 4 heteroatoms. The standard InChI is InChI=1S/C16H12O3S/c1-2-15(17)19-12-7-8-14-11(16(12)18)9-10-5-3-4-6-13(10)20-14/h2-8,12H,1,9H2. The van der Waals surface area contributed by atoms with Crippen LogP contribution >= 0.6 is 11.8 Å². The molecule has 1 atom stereocenters. The summed E-state index contributed by atoms with van der Waals surface area (Å²) in [5, 5.41) is 0. The summed E-state index contributed by atoms with van der Waals surface area (Å²) in [6.45, 7) is 3.34. The number of Topliss-reactive ketones (excluding diaryl/α,β-unsaturated/α-hetero) is 1. The van der Waals surface area contributed by atoms with Gasteiger partial charge in [0.2, 0.25) is 5.78 Å². The molecule has 1 unspecified atom stereocenters. The minimum Gasteiger partial charge on any atom is -0.447 e. The molecule has 0 N–H and O–H groups in total. The van der Waals surface area contributed by atoms with Crippen LogP contribution in [-0.4, -0.2) is 17.9 Å². The van der Waals surface area contributed by atoms with Crippen LogP contribution in [0.1, 0.15) is 5.56 Å². The number of allylic oxidation sites excluding steroid dienone is 1. The van der Waals surface area contributed by atoms with Gasteiger partial charge in [0.05, 0.1) is 0 Å². The van der Waals surface area contributed by atoms with Crippen LogP contribution in [0.25, 0.3) is 0 Å². The van der Waals surface area contributed by atoms with Crippen LogP contribution < -0.4 is 0 Å². The summed E-state index contributed by atoms with van der Waals surface area (Å²) in [6.07, 6.45) is 4.31. The average molecular weight is 284 g/mol. The van der Waals surface area contributed by atoms with Gasteiger partial charge >= 0.3 is 5.97 Å². The van der Waals surface area contributed by atoms with Crippen molar-refractivity contribution in [3.63, 3.8) is 0 Å². The van der Waals surface area contributed by atoms with Crippen LogP contribution in [0.4, 0.5) is 0 Å². The van der Waals surface area contributed by atoms with Crippen LogP contribution in [0.2, 0.25) is 0 Å². The number of thioether (sulfide) groups is 1. The predicted octanol–water partition coefficient (Wildman–Crippen LogP) is 2.83. The number of carbonyl (C=O) groups is 2. The summed E-state index contributed by atoms with van der Waals surface area (Å²) >= 11 is 1.58. The normalized spacial score (nSPS) is 20.2. The lowest BCUT2D eigenvalue weighted by molar-refractivity contribution is -0.146. The molecule has 0 radical (unpaired) electrons. The first-order chi connectivity index (χ1) is 9.69. The van der Waals surface area contributed by atoms with E-state index in [1.54, 1.807) is 17.8 Å². The quantitative estimate of drug-likeness (QED) is 0.618. The van der Waals surface area contributed by atoms with Crippen LogP contribution in [0.15, 0.2) is 64.4 Å². The predicted molar refractivity (Wildman–Crippen MR) is 77.3 cm³/mol. The molecule has 100 valence electrons. The Hall–Kier alpha value is -2.07. The first-order valence-electron chi connectivity index (χ1n) is 6.23. The number of carbonyl (C=O) groups excluding carboxylic acids is 2. The molecular weight excluding hydrogens is 272 g/mol. The third-order valence-electron chi connectivity index (χ3n) is 3.25. The van der Waals surface area contributed by atoms with Crippen molar-refractivity contribution in [2.45, 2.75) is 17.4 Å². The van der Waals surface area contributed by atoms with Crippen molar-refractivity contribution >= 4 is 23.5 Å². The molecule has 0 saturated heterocycles. The van der Waals surface area contributed by atoms with Crippen molar-refractivity contribution in [1.82, 2.24) is 0 Å². The summed E-state index contributed by atoms with van der Waals surface area (Å²) in [4.78, 5) is 25.7. The largest absolute Gasteiger partial charge is 0.447 e. The Morgan fingerprint density at radius 2 is 2.20 bits per heavy atom. The summed E-state index contributed by atoms with van der Waals surface area (Å²) < 4.78 is 5.05. The molecule has 0 spiro atoms. The molecule has 0 aromatic heterocycles. The molecule has 3 rings (SSSR count). The van der Waals surface area contributed by atoms with Crippen molar-refractivity contribution in [3.05, 3.63) is 65.1 Å². The maximum absolute atomic E-state index is 12.4. The Morgan fingerprint density at radius 1 is 1.40 bits per heavy atom. The van der Waals surface area contributed by atoms with Crippen molar-refractivity contribution in [1.29, 1.82) is 0 Å². The van der Waals surface area contributed by atoms with Crippen molar-refractivity contribution in [3.8, 4) is 0 Å². The summed E-state index contributed by atoms with van der Waals surface area (Å²) in [6, 6.07) is 8.01. The number of rotatable bonds is 2. The highest BCUT2D eigenvalue weighted by atomic mass is 32.2. The van der Waals surface area contributed by atoms with E-state index in [0.717, 1.165) is 22.1 Å². The Kier molecular flexibility index (Phi) is 3.32. The molecule has 0 amide bonds. The van der Waals surface area contributed by atoms with Gasteiger partial charge in [-0.3, -0.25) is 4.79 Å². The number of ether oxygens (including phenoxy) is 1. The van der Waals surface area contributed by atoms with Crippen molar-refractivity contribution in [2.75, 3.05) is 0 Å². The number of ketones is 1. The Labute approximate surface area is 121 Å². The fourth-order valence-electron chi connectivity index (χ4n) is 2.25. The third-order valence-corrected chi connectivity index (χ3v) is 4.47. The van der Waals surface area contributed by atoms with Crippen LogP contribution in [0.3, 0.4) is 0 Å². The van der Waals surface area contributed by atoms with Gasteiger partial charge in [-0.25, -0.2) is 4.79 Å². The van der Waals surface area contributed by atoms with Gasteiger partial charge in [-0.1, -0.05) is 36.5 Å². The van der Waals surface area contributed by atoms with Gasteiger partial charge in [0, 0.05) is 27.9 Å². The SMILES string of the molecule is C=CC(=O)OC1C=CC2=C(Cc3ccccc3S2)C1=O. The lowest BCUT2D eigenvalue weighted by atomic mass is 9.94. The monoisotopic (exact) mass is 284 g/mol. The van der Waals surface area contributed by atoms with Crippen molar-refractivity contribution in [2.24, 2.45) is 0 Å². The second-order valence-corrected chi connectivity index (χ2v) is 5.60. The molecule has 1 heterocycles. The molecule has 1 aromatic carbocycles. The van der Waals surface area contributed by atoms with Gasteiger partial charge in [0.25, 0.3) is 0 Å². The highest BCUT2D eigenvalue weighted by Gasteiger charge is 2.31. The first kappa shape index (κ1) is 12.9. The third kappa shape index (κ3) is 2.23. The van der Waals surface area contributed by atoms with E-state index in [2.05, 4.69) is 6.58 Å². The molecule has 2 aliphatic rings. The lowest BCUT2D eigenvalue weighted by Crippen LogP contribution is -2.30. The fraction of sp³-hybridized carbons (Fsp3) is 0.125. The van der Waals surface area contributed by atoms with E-state index < -0.39 is 12.1 Å². The molecule has 0 bridgehead atoms. The molecule has 1 aromatic rings. The second-order valence-electron chi connectivity index (χ2n) is 4.51. The number of benzene rings is 1. The van der Waals surface area contributed by atoms with Gasteiger partial charge in [-0.2, -0.15) is 0 Å². The van der Waals surface area contributed by atoms with E-state index in [-0.39, 0.29) is 5.78 Å². The number of fused-ring (bicyclic) bond motifs is 1. The highest BCUT2D eigenvalue weighted by Crippen LogP contribution is 2.41. The van der Waals surface area contributed by atoms with E-state index in [4.69, 9.17) is 4.74 Å². The Balaban J connectivity index is 1.87. The second kappa shape index (κ2) is 5.13. The Morgan fingerprint density at radius 3 is 3.00 bits per heavy atom. The van der Waals surface area contributed by atoms with Gasteiger partial charge < -0.3 is 4.74 Å². The number of hydrogen-bond acceptors (Lipinski definition) is 4. The van der Waals surface area contributed by atoms with E-state index in [1.165, 1.54) is 4.90 Å². The first-order valence-corrected chi connectivity index (χ1v) is 7.05. The zero-order valence-corrected chi connectivity index (χ0v) is 11.5. The number of hydrogen-bond donors (Lipinski definition) is 0. The topological polar surface area (TPSA) is 43.4 Å². The van der Waals surface area contributed by atoms with Crippen LogP contribution in [-0.2, 0) is 20.7 Å². The Bertz CT molecular complexity index is 670. The molecular formula is C16H12O3S. The maximum Gasteiger partial charge on any atom is 0.331 e. The van der Waals surface area contributed by atoms with E-state index in [1.807, 2.05) is 30.3 Å². The smallest absolute Gasteiger partial charge is 0.331 e. The summed E-state index contributed by atoms with van der Waals surface area (Å²) in [5.74, 6) is -0.722. The van der Waals surface area contributed by atoms with Gasteiger partial charge in [0.15, 0.2) is 6.10 Å².